The molecule has 4 aromatic rings. The first-order valence-electron chi connectivity index (χ1n) is 12.3. The van der Waals surface area contributed by atoms with Crippen LogP contribution in [0, 0.1) is 0 Å². The van der Waals surface area contributed by atoms with E-state index in [9.17, 15) is 15.0 Å². The molecule has 0 atom stereocenters. The number of para-hydroxylation sites is 1. The number of piperidine rings is 1. The summed E-state index contributed by atoms with van der Waals surface area (Å²) in [5.41, 5.74) is 4.49. The highest BCUT2D eigenvalue weighted by atomic mass is 16.3. The van der Waals surface area contributed by atoms with Gasteiger partial charge >= 0.3 is 0 Å². The molecule has 1 amide bonds. The number of aromatic hydroxyl groups is 1. The number of aryl methyl sites for hydroxylation is 1. The number of amides is 1. The lowest BCUT2D eigenvalue weighted by atomic mass is 10.0. The van der Waals surface area contributed by atoms with Crippen LogP contribution >= 0.6 is 0 Å². The smallest absolute Gasteiger partial charge is 0.238 e. The number of benzene rings is 3. The highest BCUT2D eigenvalue weighted by Gasteiger charge is 2.22. The first-order valence-corrected chi connectivity index (χ1v) is 12.3. The number of anilines is 2. The van der Waals surface area contributed by atoms with Crippen molar-refractivity contribution in [3.63, 3.8) is 0 Å². The Morgan fingerprint density at radius 1 is 1.00 bits per heavy atom. The second-order valence-corrected chi connectivity index (χ2v) is 9.20. The van der Waals surface area contributed by atoms with Crippen LogP contribution in [0.15, 0.2) is 60.7 Å². The van der Waals surface area contributed by atoms with Gasteiger partial charge in [0.05, 0.1) is 13.2 Å². The van der Waals surface area contributed by atoms with E-state index in [-0.39, 0.29) is 24.3 Å². The molecule has 182 valence electrons. The van der Waals surface area contributed by atoms with Crippen LogP contribution in [0.2, 0.25) is 0 Å². The summed E-state index contributed by atoms with van der Waals surface area (Å²) in [5, 5.41) is 28.4. The summed E-state index contributed by atoms with van der Waals surface area (Å²) in [6.45, 7) is 4.81. The lowest BCUT2D eigenvalue weighted by Crippen LogP contribution is -2.42. The Morgan fingerprint density at radius 3 is 2.54 bits per heavy atom. The van der Waals surface area contributed by atoms with Gasteiger partial charge in [0.25, 0.3) is 0 Å². The van der Waals surface area contributed by atoms with Gasteiger partial charge in [0.2, 0.25) is 5.91 Å². The molecule has 1 aromatic heterocycles. The van der Waals surface area contributed by atoms with Gasteiger partial charge in [-0.3, -0.25) is 9.69 Å². The summed E-state index contributed by atoms with van der Waals surface area (Å²) >= 11 is 0. The van der Waals surface area contributed by atoms with Crippen molar-refractivity contribution < 1.29 is 15.0 Å². The number of hydrogen-bond donors (Lipinski definition) is 4. The zero-order valence-corrected chi connectivity index (χ0v) is 20.0. The standard InChI is InChI=1S/C28H32N4O3/c1-2-32-25-8-4-3-6-21(25)22-16-20(10-11-26(22)32)30-28(35)17-31-14-12-19(13-15-31)29-24-7-5-9-27(34)23(24)18-33/h3-11,16,19,29,33-34H,2,12-15,17-18H2,1H3,(H,30,35). The molecule has 5 rings (SSSR count). The molecule has 2 heterocycles. The maximum absolute atomic E-state index is 12.8. The van der Waals surface area contributed by atoms with Gasteiger partial charge in [0, 0.05) is 64.4 Å². The Morgan fingerprint density at radius 2 is 1.77 bits per heavy atom. The van der Waals surface area contributed by atoms with Crippen molar-refractivity contribution >= 4 is 39.1 Å². The quantitative estimate of drug-likeness (QED) is 0.317. The van der Waals surface area contributed by atoms with Crippen molar-refractivity contribution in [2.45, 2.75) is 39.0 Å². The van der Waals surface area contributed by atoms with Gasteiger partial charge in [-0.25, -0.2) is 0 Å². The van der Waals surface area contributed by atoms with Gasteiger partial charge in [-0.1, -0.05) is 24.3 Å². The lowest BCUT2D eigenvalue weighted by molar-refractivity contribution is -0.117. The third kappa shape index (κ3) is 4.70. The summed E-state index contributed by atoms with van der Waals surface area (Å²) in [7, 11) is 0. The Kier molecular flexibility index (Phi) is 6.61. The van der Waals surface area contributed by atoms with Gasteiger partial charge in [-0.05, 0) is 56.2 Å². The maximum Gasteiger partial charge on any atom is 0.238 e. The number of phenols is 1. The Labute approximate surface area is 205 Å². The number of fused-ring (bicyclic) bond motifs is 3. The number of rotatable bonds is 7. The molecule has 4 N–H and O–H groups in total. The largest absolute Gasteiger partial charge is 0.508 e. The zero-order valence-electron chi connectivity index (χ0n) is 20.0. The number of likely N-dealkylation sites (tertiary alicyclic amines) is 1. The van der Waals surface area contributed by atoms with Crippen molar-refractivity contribution in [1.82, 2.24) is 9.47 Å². The summed E-state index contributed by atoms with van der Waals surface area (Å²) in [6, 6.07) is 20.0. The molecule has 7 heteroatoms. The van der Waals surface area contributed by atoms with Crippen molar-refractivity contribution in [2.24, 2.45) is 0 Å². The zero-order chi connectivity index (χ0) is 24.4. The monoisotopic (exact) mass is 472 g/mol. The Balaban J connectivity index is 1.19. The Hall–Kier alpha value is -3.55. The number of hydrogen-bond acceptors (Lipinski definition) is 5. The van der Waals surface area contributed by atoms with Gasteiger partial charge < -0.3 is 25.4 Å². The number of nitrogens with one attached hydrogen (secondary N) is 2. The fourth-order valence-electron chi connectivity index (χ4n) is 5.21. The molecule has 0 spiro atoms. The van der Waals surface area contributed by atoms with E-state index in [1.165, 1.54) is 16.4 Å². The molecule has 3 aromatic carbocycles. The van der Waals surface area contributed by atoms with E-state index in [0.29, 0.717) is 12.1 Å². The number of aromatic nitrogens is 1. The summed E-state index contributed by atoms with van der Waals surface area (Å²) in [6.07, 6.45) is 1.77. The van der Waals surface area contributed by atoms with Crippen LogP contribution in [0.25, 0.3) is 21.8 Å². The van der Waals surface area contributed by atoms with Crippen LogP contribution in [0.3, 0.4) is 0 Å². The van der Waals surface area contributed by atoms with Crippen LogP contribution in [0.1, 0.15) is 25.3 Å². The molecule has 1 saturated heterocycles. The van der Waals surface area contributed by atoms with Crippen molar-refractivity contribution in [2.75, 3.05) is 30.3 Å². The second-order valence-electron chi connectivity index (χ2n) is 9.20. The van der Waals surface area contributed by atoms with Crippen LogP contribution in [-0.4, -0.2) is 51.3 Å². The molecule has 0 aliphatic carbocycles. The minimum Gasteiger partial charge on any atom is -0.508 e. The van der Waals surface area contributed by atoms with Crippen LogP contribution < -0.4 is 10.6 Å². The fourth-order valence-corrected chi connectivity index (χ4v) is 5.21. The molecule has 0 bridgehead atoms. The van der Waals surface area contributed by atoms with Gasteiger partial charge in [-0.15, -0.1) is 0 Å². The summed E-state index contributed by atoms with van der Waals surface area (Å²) in [5.74, 6) is 0.0922. The lowest BCUT2D eigenvalue weighted by Gasteiger charge is -2.32. The van der Waals surface area contributed by atoms with Crippen LogP contribution in [-0.2, 0) is 17.9 Å². The highest BCUT2D eigenvalue weighted by molar-refractivity contribution is 6.09. The molecule has 35 heavy (non-hydrogen) atoms. The van der Waals surface area contributed by atoms with E-state index in [1.54, 1.807) is 12.1 Å². The van der Waals surface area contributed by atoms with E-state index < -0.39 is 0 Å². The van der Waals surface area contributed by atoms with Crippen molar-refractivity contribution in [1.29, 1.82) is 0 Å². The van der Waals surface area contributed by atoms with Gasteiger partial charge in [0.15, 0.2) is 0 Å². The topological polar surface area (TPSA) is 89.8 Å². The number of carbonyl (C=O) groups is 1. The van der Waals surface area contributed by atoms with E-state index in [1.807, 2.05) is 12.1 Å². The minimum absolute atomic E-state index is 0.00876. The minimum atomic E-state index is -0.210. The number of aliphatic hydroxyl groups excluding tert-OH is 1. The van der Waals surface area contributed by atoms with E-state index in [2.05, 4.69) is 63.4 Å². The van der Waals surface area contributed by atoms with Gasteiger partial charge in [0.1, 0.15) is 5.75 Å². The maximum atomic E-state index is 12.8. The molecule has 1 aliphatic heterocycles. The van der Waals surface area contributed by atoms with Crippen LogP contribution in [0.4, 0.5) is 11.4 Å². The number of aliphatic hydroxyl groups is 1. The average molecular weight is 473 g/mol. The van der Waals surface area contributed by atoms with Crippen LogP contribution in [0.5, 0.6) is 5.75 Å². The second kappa shape index (κ2) is 9.98. The first kappa shape index (κ1) is 23.2. The van der Waals surface area contributed by atoms with Crippen molar-refractivity contribution in [3.8, 4) is 5.75 Å². The third-order valence-electron chi connectivity index (χ3n) is 7.00. The normalized spacial score (nSPS) is 15.0. The van der Waals surface area contributed by atoms with Crippen molar-refractivity contribution in [3.05, 3.63) is 66.2 Å². The van der Waals surface area contributed by atoms with Gasteiger partial charge in [-0.2, -0.15) is 0 Å². The Bertz CT molecular complexity index is 1360. The predicted molar refractivity (Wildman–Crippen MR) is 141 cm³/mol. The first-order chi connectivity index (χ1) is 17.1. The molecule has 1 fully saturated rings. The SMILES string of the molecule is CCn1c2ccccc2c2cc(NC(=O)CN3CCC(Nc4cccc(O)c4CO)CC3)ccc21. The average Bonchev–Trinajstić information content (AvgIpc) is 3.18. The van der Waals surface area contributed by atoms with E-state index in [4.69, 9.17) is 0 Å². The predicted octanol–water partition coefficient (Wildman–Crippen LogP) is 4.53. The molecular formula is C28H32N4O3. The highest BCUT2D eigenvalue weighted by Crippen LogP contribution is 2.31. The molecule has 0 radical (unpaired) electrons. The molecular weight excluding hydrogens is 440 g/mol. The molecule has 0 unspecified atom stereocenters. The number of carbonyl (C=O) groups excluding carboxylic acids is 1. The molecule has 0 saturated carbocycles. The molecule has 7 nitrogen and oxygen atoms in total. The van der Waals surface area contributed by atoms with E-state index in [0.717, 1.165) is 49.2 Å². The number of nitrogens with zero attached hydrogens (tertiary/aromatic N) is 2. The fraction of sp³-hybridized carbons (Fsp3) is 0.321. The van der Waals surface area contributed by atoms with E-state index >= 15 is 0 Å². The molecule has 1 aliphatic rings. The third-order valence-corrected chi connectivity index (χ3v) is 7.00. The summed E-state index contributed by atoms with van der Waals surface area (Å²) in [4.78, 5) is 15.0. The summed E-state index contributed by atoms with van der Waals surface area (Å²) < 4.78 is 2.30.